The van der Waals surface area contributed by atoms with Crippen LogP contribution < -0.4 is 4.90 Å². The number of hydrogen-bond acceptors (Lipinski definition) is 4. The molecule has 0 amide bonds. The Labute approximate surface area is 100 Å². The van der Waals surface area contributed by atoms with Crippen molar-refractivity contribution in [1.82, 2.24) is 9.97 Å². The molecule has 0 unspecified atom stereocenters. The van der Waals surface area contributed by atoms with E-state index >= 15 is 0 Å². The Balaban J connectivity index is 2.32. The fourth-order valence-electron chi connectivity index (χ4n) is 2.22. The van der Waals surface area contributed by atoms with Crippen LogP contribution in [0.1, 0.15) is 31.3 Å². The van der Waals surface area contributed by atoms with Crippen molar-refractivity contribution in [2.45, 2.75) is 39.2 Å². The monoisotopic (exact) mass is 235 g/mol. The predicted molar refractivity (Wildman–Crippen MR) is 64.2 cm³/mol. The first-order valence-corrected chi connectivity index (χ1v) is 5.96. The average molecular weight is 235 g/mol. The third kappa shape index (κ3) is 2.38. The Morgan fingerprint density at radius 1 is 1.59 bits per heavy atom. The summed E-state index contributed by atoms with van der Waals surface area (Å²) in [7, 11) is 0. The highest BCUT2D eigenvalue weighted by atomic mass is 16.4. The first kappa shape index (κ1) is 11.8. The van der Waals surface area contributed by atoms with E-state index in [9.17, 15) is 4.79 Å². The topological polar surface area (TPSA) is 66.3 Å². The first-order valence-electron chi connectivity index (χ1n) is 5.96. The van der Waals surface area contributed by atoms with E-state index in [0.717, 1.165) is 36.7 Å². The molecule has 1 aromatic rings. The van der Waals surface area contributed by atoms with E-state index in [2.05, 4.69) is 9.97 Å². The van der Waals surface area contributed by atoms with Crippen molar-refractivity contribution in [2.75, 3.05) is 11.4 Å². The van der Waals surface area contributed by atoms with Gasteiger partial charge in [-0.3, -0.25) is 0 Å². The highest BCUT2D eigenvalue weighted by molar-refractivity contribution is 5.78. The number of rotatable bonds is 3. The molecule has 1 N–H and O–H groups in total. The summed E-state index contributed by atoms with van der Waals surface area (Å²) in [6.45, 7) is 4.67. The summed E-state index contributed by atoms with van der Waals surface area (Å²) in [5.74, 6) is 0.757. The largest absolute Gasteiger partial charge is 0.480 e. The lowest BCUT2D eigenvalue weighted by Gasteiger charge is -2.23. The number of carboxylic acids is 1. The van der Waals surface area contributed by atoms with Gasteiger partial charge in [-0.1, -0.05) is 6.92 Å². The Bertz CT molecular complexity index is 434. The van der Waals surface area contributed by atoms with Gasteiger partial charge in [-0.05, 0) is 19.8 Å². The molecule has 1 aliphatic rings. The third-order valence-electron chi connectivity index (χ3n) is 3.04. The van der Waals surface area contributed by atoms with Crippen LogP contribution in [0, 0.1) is 6.92 Å². The molecule has 2 heterocycles. The number of anilines is 1. The smallest absolute Gasteiger partial charge is 0.326 e. The molecular weight excluding hydrogens is 218 g/mol. The van der Waals surface area contributed by atoms with Crippen molar-refractivity contribution < 1.29 is 9.90 Å². The van der Waals surface area contributed by atoms with Gasteiger partial charge in [-0.15, -0.1) is 0 Å². The highest BCUT2D eigenvalue weighted by Crippen LogP contribution is 2.24. The molecule has 92 valence electrons. The SMILES string of the molecule is CCc1nc(C)cc(N2CCC[C@@H]2C(=O)O)n1. The standard InChI is InChI=1S/C12H17N3O2/c1-3-10-13-8(2)7-11(14-10)15-6-4-5-9(15)12(16)17/h7,9H,3-6H2,1-2H3,(H,16,17)/t9-/m1/s1. The van der Waals surface area contributed by atoms with E-state index in [4.69, 9.17) is 5.11 Å². The van der Waals surface area contributed by atoms with Gasteiger partial charge in [0.1, 0.15) is 17.7 Å². The van der Waals surface area contributed by atoms with E-state index in [1.54, 1.807) is 0 Å². The molecule has 1 atom stereocenters. The highest BCUT2D eigenvalue weighted by Gasteiger charge is 2.31. The molecule has 0 bridgehead atoms. The number of hydrogen-bond donors (Lipinski definition) is 1. The van der Waals surface area contributed by atoms with Gasteiger partial charge in [0, 0.05) is 24.7 Å². The lowest BCUT2D eigenvalue weighted by molar-refractivity contribution is -0.138. The van der Waals surface area contributed by atoms with Gasteiger partial charge in [-0.25, -0.2) is 14.8 Å². The summed E-state index contributed by atoms with van der Waals surface area (Å²) in [6.07, 6.45) is 2.36. The van der Waals surface area contributed by atoms with Gasteiger partial charge in [0.15, 0.2) is 0 Å². The Kier molecular flexibility index (Phi) is 3.26. The third-order valence-corrected chi connectivity index (χ3v) is 3.04. The lowest BCUT2D eigenvalue weighted by atomic mass is 10.2. The summed E-state index contributed by atoms with van der Waals surface area (Å²) in [5, 5.41) is 9.16. The Morgan fingerprint density at radius 3 is 3.00 bits per heavy atom. The summed E-state index contributed by atoms with van der Waals surface area (Å²) < 4.78 is 0. The molecule has 0 aromatic carbocycles. The number of nitrogens with zero attached hydrogens (tertiary/aromatic N) is 3. The summed E-state index contributed by atoms with van der Waals surface area (Å²) >= 11 is 0. The van der Waals surface area contributed by atoms with Gasteiger partial charge >= 0.3 is 5.97 Å². The number of carbonyl (C=O) groups is 1. The van der Waals surface area contributed by atoms with Gasteiger partial charge in [0.2, 0.25) is 0 Å². The van der Waals surface area contributed by atoms with Crippen molar-refractivity contribution in [1.29, 1.82) is 0 Å². The zero-order valence-electron chi connectivity index (χ0n) is 10.2. The van der Waals surface area contributed by atoms with Crippen molar-refractivity contribution >= 4 is 11.8 Å². The molecule has 0 spiro atoms. The second-order valence-corrected chi connectivity index (χ2v) is 4.33. The Hall–Kier alpha value is -1.65. The number of aromatic nitrogens is 2. The van der Waals surface area contributed by atoms with E-state index in [1.807, 2.05) is 24.8 Å². The molecule has 1 aromatic heterocycles. The molecule has 1 fully saturated rings. The zero-order valence-corrected chi connectivity index (χ0v) is 10.2. The van der Waals surface area contributed by atoms with Crippen molar-refractivity contribution in [3.63, 3.8) is 0 Å². The predicted octanol–water partition coefficient (Wildman–Crippen LogP) is 1.40. The summed E-state index contributed by atoms with van der Waals surface area (Å²) in [4.78, 5) is 21.7. The fourth-order valence-corrected chi connectivity index (χ4v) is 2.22. The molecule has 17 heavy (non-hydrogen) atoms. The number of carboxylic acid groups (broad SMARTS) is 1. The molecule has 0 aliphatic carbocycles. The minimum Gasteiger partial charge on any atom is -0.480 e. The molecule has 1 aliphatic heterocycles. The van der Waals surface area contributed by atoms with Crippen LogP contribution in [0.5, 0.6) is 0 Å². The normalized spacial score (nSPS) is 19.6. The molecule has 2 rings (SSSR count). The van der Waals surface area contributed by atoms with Gasteiger partial charge in [-0.2, -0.15) is 0 Å². The van der Waals surface area contributed by atoms with Crippen molar-refractivity contribution in [3.05, 3.63) is 17.6 Å². The molecule has 0 saturated carbocycles. The first-order chi connectivity index (χ1) is 8.11. The minimum atomic E-state index is -0.767. The van der Waals surface area contributed by atoms with Crippen LogP contribution in [-0.4, -0.2) is 33.6 Å². The quantitative estimate of drug-likeness (QED) is 0.857. The zero-order chi connectivity index (χ0) is 12.4. The van der Waals surface area contributed by atoms with Crippen LogP contribution in [0.3, 0.4) is 0 Å². The van der Waals surface area contributed by atoms with E-state index in [0.29, 0.717) is 6.42 Å². The van der Waals surface area contributed by atoms with Gasteiger partial charge in [0.05, 0.1) is 0 Å². The number of aryl methyl sites for hydroxylation is 2. The van der Waals surface area contributed by atoms with Crippen molar-refractivity contribution in [3.8, 4) is 0 Å². The Morgan fingerprint density at radius 2 is 2.35 bits per heavy atom. The average Bonchev–Trinajstić information content (AvgIpc) is 2.77. The lowest BCUT2D eigenvalue weighted by Crippen LogP contribution is -2.36. The number of aliphatic carboxylic acids is 1. The van der Waals surface area contributed by atoms with E-state index < -0.39 is 12.0 Å². The van der Waals surface area contributed by atoms with Crippen LogP contribution >= 0.6 is 0 Å². The second kappa shape index (κ2) is 4.69. The molecule has 0 radical (unpaired) electrons. The fraction of sp³-hybridized carbons (Fsp3) is 0.583. The maximum Gasteiger partial charge on any atom is 0.326 e. The van der Waals surface area contributed by atoms with Crippen LogP contribution in [0.2, 0.25) is 0 Å². The summed E-state index contributed by atoms with van der Waals surface area (Å²) in [5.41, 5.74) is 0.892. The maximum atomic E-state index is 11.1. The minimum absolute atomic E-state index is 0.436. The van der Waals surface area contributed by atoms with Crippen LogP contribution in [-0.2, 0) is 11.2 Å². The van der Waals surface area contributed by atoms with E-state index in [-0.39, 0.29) is 0 Å². The molecule has 1 saturated heterocycles. The maximum absolute atomic E-state index is 11.1. The molecule has 5 nitrogen and oxygen atoms in total. The van der Waals surface area contributed by atoms with Crippen LogP contribution in [0.25, 0.3) is 0 Å². The second-order valence-electron chi connectivity index (χ2n) is 4.33. The molecule has 5 heteroatoms. The summed E-state index contributed by atoms with van der Waals surface area (Å²) in [6, 6.07) is 1.43. The van der Waals surface area contributed by atoms with Gasteiger partial charge < -0.3 is 10.0 Å². The van der Waals surface area contributed by atoms with E-state index in [1.165, 1.54) is 0 Å². The van der Waals surface area contributed by atoms with Crippen LogP contribution in [0.4, 0.5) is 5.82 Å². The van der Waals surface area contributed by atoms with Gasteiger partial charge in [0.25, 0.3) is 0 Å². The van der Waals surface area contributed by atoms with Crippen molar-refractivity contribution in [2.24, 2.45) is 0 Å². The van der Waals surface area contributed by atoms with Crippen LogP contribution in [0.15, 0.2) is 6.07 Å². The molecular formula is C12H17N3O2.